The minimum atomic E-state index is 0.403. The Morgan fingerprint density at radius 1 is 1.06 bits per heavy atom. The third-order valence-corrected chi connectivity index (χ3v) is 6.01. The van der Waals surface area contributed by atoms with Crippen molar-refractivity contribution in [2.24, 2.45) is 5.92 Å². The van der Waals surface area contributed by atoms with Crippen LogP contribution in [0.3, 0.4) is 0 Å². The number of carbonyl (C=O) groups is 1. The van der Waals surface area contributed by atoms with Crippen molar-refractivity contribution in [2.75, 3.05) is 26.2 Å². The molecule has 2 fully saturated rings. The van der Waals surface area contributed by atoms with Gasteiger partial charge in [-0.3, -0.25) is 4.79 Å². The maximum atomic E-state index is 12.2. The maximum Gasteiger partial charge on any atom is 0.222 e. The van der Waals surface area contributed by atoms with E-state index in [-0.39, 0.29) is 0 Å². The highest BCUT2D eigenvalue weighted by atomic mass is 127. The number of hydrogen-bond acceptors (Lipinski definition) is 2. The number of amides is 1. The number of halogens is 2. The number of piperidine rings is 2. The fraction of sp³-hybridized carbons (Fsp3) is 0.917. The van der Waals surface area contributed by atoms with Gasteiger partial charge in [0.25, 0.3) is 0 Å². The molecule has 0 N–H and O–H groups in total. The molecule has 0 saturated carbocycles. The van der Waals surface area contributed by atoms with Crippen LogP contribution in [0.25, 0.3) is 0 Å². The molecule has 0 aromatic carbocycles. The fourth-order valence-electron chi connectivity index (χ4n) is 2.58. The standard InChI is InChI=1S/C12H20I2N2O/c13-11-3-5-15(6-4-11)12(17)9-10-1-7-16(14)8-2-10/h10-11H,1-9H2. The third-order valence-electron chi connectivity index (χ3n) is 3.80. The van der Waals surface area contributed by atoms with Crippen molar-refractivity contribution in [2.45, 2.75) is 36.0 Å². The zero-order chi connectivity index (χ0) is 12.3. The summed E-state index contributed by atoms with van der Waals surface area (Å²) in [6.45, 7) is 4.26. The van der Waals surface area contributed by atoms with Crippen LogP contribution in [-0.4, -0.2) is 44.0 Å². The van der Waals surface area contributed by atoms with Crippen molar-refractivity contribution < 1.29 is 4.79 Å². The van der Waals surface area contributed by atoms with Gasteiger partial charge in [0.15, 0.2) is 0 Å². The predicted octanol–water partition coefficient (Wildman–Crippen LogP) is 2.86. The van der Waals surface area contributed by atoms with E-state index in [9.17, 15) is 4.79 Å². The Balaban J connectivity index is 1.73. The fourth-order valence-corrected chi connectivity index (χ4v) is 3.69. The van der Waals surface area contributed by atoms with Crippen molar-refractivity contribution in [3.05, 3.63) is 0 Å². The van der Waals surface area contributed by atoms with Gasteiger partial charge in [-0.15, -0.1) is 0 Å². The third kappa shape index (κ3) is 4.49. The predicted molar refractivity (Wildman–Crippen MR) is 86.6 cm³/mol. The average Bonchev–Trinajstić information content (AvgIpc) is 2.33. The first kappa shape index (κ1) is 14.3. The summed E-state index contributed by atoms with van der Waals surface area (Å²) in [7, 11) is 0. The molecule has 0 aromatic rings. The topological polar surface area (TPSA) is 23.6 Å². The Morgan fingerprint density at radius 3 is 2.24 bits per heavy atom. The maximum absolute atomic E-state index is 12.2. The Kier molecular flexibility index (Phi) is 5.79. The highest BCUT2D eigenvalue weighted by Gasteiger charge is 2.25. The van der Waals surface area contributed by atoms with E-state index < -0.39 is 0 Å². The number of alkyl halides is 1. The molecule has 2 heterocycles. The summed E-state index contributed by atoms with van der Waals surface area (Å²) in [4.78, 5) is 14.3. The van der Waals surface area contributed by atoms with Gasteiger partial charge in [0, 0.05) is 59.4 Å². The first-order chi connectivity index (χ1) is 8.15. The van der Waals surface area contributed by atoms with Gasteiger partial charge in [0.1, 0.15) is 0 Å². The molecular weight excluding hydrogens is 442 g/mol. The SMILES string of the molecule is O=C(CC1CCN(I)CC1)N1CCC(I)CC1. The molecule has 2 rings (SSSR count). The highest BCUT2D eigenvalue weighted by Crippen LogP contribution is 2.25. The number of carbonyl (C=O) groups excluding carboxylic acids is 1. The molecule has 17 heavy (non-hydrogen) atoms. The van der Waals surface area contributed by atoms with Crippen molar-refractivity contribution in [3.8, 4) is 0 Å². The van der Waals surface area contributed by atoms with Crippen molar-refractivity contribution >= 4 is 51.4 Å². The molecule has 2 saturated heterocycles. The summed E-state index contributed by atoms with van der Waals surface area (Å²) in [5, 5.41) is 0. The molecule has 2 aliphatic rings. The van der Waals surface area contributed by atoms with Gasteiger partial charge >= 0.3 is 0 Å². The molecule has 2 aliphatic heterocycles. The van der Waals surface area contributed by atoms with E-state index in [4.69, 9.17) is 0 Å². The largest absolute Gasteiger partial charge is 0.343 e. The summed E-state index contributed by atoms with van der Waals surface area (Å²) < 4.78 is 3.11. The van der Waals surface area contributed by atoms with Crippen LogP contribution < -0.4 is 0 Å². The first-order valence-corrected chi connectivity index (χ1v) is 8.69. The molecule has 0 aliphatic carbocycles. The molecule has 0 spiro atoms. The molecule has 3 nitrogen and oxygen atoms in total. The smallest absolute Gasteiger partial charge is 0.222 e. The van der Waals surface area contributed by atoms with Crippen LogP contribution in [0.2, 0.25) is 0 Å². The molecule has 0 bridgehead atoms. The Labute approximate surface area is 131 Å². The van der Waals surface area contributed by atoms with Gasteiger partial charge in [-0.25, -0.2) is 3.11 Å². The quantitative estimate of drug-likeness (QED) is 0.358. The Morgan fingerprint density at radius 2 is 1.65 bits per heavy atom. The first-order valence-electron chi connectivity index (χ1n) is 6.47. The lowest BCUT2D eigenvalue weighted by molar-refractivity contribution is -0.133. The van der Waals surface area contributed by atoms with Crippen molar-refractivity contribution in [1.29, 1.82) is 0 Å². The van der Waals surface area contributed by atoms with Gasteiger partial charge in [-0.05, 0) is 31.6 Å². The van der Waals surface area contributed by atoms with E-state index in [1.165, 1.54) is 25.7 Å². The molecule has 0 unspecified atom stereocenters. The lowest BCUT2D eigenvalue weighted by Gasteiger charge is -2.32. The normalized spacial score (nSPS) is 25.2. The molecule has 5 heteroatoms. The second kappa shape index (κ2) is 6.88. The van der Waals surface area contributed by atoms with E-state index in [1.807, 2.05) is 0 Å². The van der Waals surface area contributed by atoms with E-state index in [2.05, 4.69) is 53.5 Å². The number of likely N-dealkylation sites (tertiary alicyclic amines) is 1. The minimum Gasteiger partial charge on any atom is -0.343 e. The van der Waals surface area contributed by atoms with Crippen molar-refractivity contribution in [3.63, 3.8) is 0 Å². The number of nitrogens with zero attached hydrogens (tertiary/aromatic N) is 2. The molecule has 0 aromatic heterocycles. The molecule has 98 valence electrons. The second-order valence-electron chi connectivity index (χ2n) is 5.11. The summed E-state index contributed by atoms with van der Waals surface area (Å²) in [5.41, 5.74) is 0. The lowest BCUT2D eigenvalue weighted by Crippen LogP contribution is -2.40. The lowest BCUT2D eigenvalue weighted by atomic mass is 9.94. The van der Waals surface area contributed by atoms with E-state index >= 15 is 0 Å². The Bertz CT molecular complexity index is 259. The molecule has 0 atom stereocenters. The van der Waals surface area contributed by atoms with Gasteiger partial charge in [-0.2, -0.15) is 0 Å². The van der Waals surface area contributed by atoms with Gasteiger partial charge in [-0.1, -0.05) is 22.6 Å². The average molecular weight is 462 g/mol. The zero-order valence-corrected chi connectivity index (χ0v) is 14.4. The number of hydrogen-bond donors (Lipinski definition) is 0. The monoisotopic (exact) mass is 462 g/mol. The van der Waals surface area contributed by atoms with E-state index in [1.54, 1.807) is 0 Å². The summed E-state index contributed by atoms with van der Waals surface area (Å²) in [5.74, 6) is 1.03. The van der Waals surface area contributed by atoms with Crippen LogP contribution >= 0.6 is 45.5 Å². The molecule has 0 radical (unpaired) electrons. The van der Waals surface area contributed by atoms with E-state index in [0.717, 1.165) is 36.5 Å². The minimum absolute atomic E-state index is 0.403. The van der Waals surface area contributed by atoms with Gasteiger partial charge in [0.05, 0.1) is 0 Å². The van der Waals surface area contributed by atoms with Crippen LogP contribution in [0.5, 0.6) is 0 Å². The summed E-state index contributed by atoms with van der Waals surface area (Å²) in [6.07, 6.45) is 5.53. The summed E-state index contributed by atoms with van der Waals surface area (Å²) >= 11 is 4.89. The number of rotatable bonds is 2. The molecule has 1 amide bonds. The highest BCUT2D eigenvalue weighted by molar-refractivity contribution is 14.1. The Hall–Kier alpha value is 0.890. The van der Waals surface area contributed by atoms with Crippen LogP contribution in [0.4, 0.5) is 0 Å². The van der Waals surface area contributed by atoms with Crippen LogP contribution in [0.1, 0.15) is 32.1 Å². The van der Waals surface area contributed by atoms with E-state index in [0.29, 0.717) is 11.8 Å². The van der Waals surface area contributed by atoms with Crippen LogP contribution in [-0.2, 0) is 4.79 Å². The van der Waals surface area contributed by atoms with Crippen LogP contribution in [0.15, 0.2) is 0 Å². The van der Waals surface area contributed by atoms with Crippen LogP contribution in [0, 0.1) is 5.92 Å². The summed E-state index contributed by atoms with van der Waals surface area (Å²) in [6, 6.07) is 0. The molecular formula is C12H20I2N2O. The van der Waals surface area contributed by atoms with Gasteiger partial charge in [0.2, 0.25) is 5.91 Å². The second-order valence-corrected chi connectivity index (χ2v) is 8.24. The van der Waals surface area contributed by atoms with Gasteiger partial charge < -0.3 is 4.90 Å². The van der Waals surface area contributed by atoms with Crippen molar-refractivity contribution in [1.82, 2.24) is 8.01 Å². The zero-order valence-electron chi connectivity index (χ0n) is 10.1.